The predicted octanol–water partition coefficient (Wildman–Crippen LogP) is 0.353. The maximum Gasteiger partial charge on any atom is 0.210 e. The van der Waals surface area contributed by atoms with Crippen molar-refractivity contribution >= 4 is 21.5 Å². The molecule has 0 amide bonds. The second-order valence-electron chi connectivity index (χ2n) is 3.60. The van der Waals surface area contributed by atoms with Gasteiger partial charge in [0, 0.05) is 11.4 Å². The van der Waals surface area contributed by atoms with Crippen LogP contribution < -0.4 is 16.6 Å². The number of aliphatic imine (C=N–C) groups is 1. The molecule has 100 valence electrons. The van der Waals surface area contributed by atoms with Gasteiger partial charge in [0.25, 0.3) is 0 Å². The summed E-state index contributed by atoms with van der Waals surface area (Å²) >= 11 is 0. The van der Waals surface area contributed by atoms with Crippen LogP contribution in [0.5, 0.6) is 0 Å². The normalized spacial score (nSPS) is 12.2. The first-order valence-electron chi connectivity index (χ1n) is 5.61. The number of anilines is 1. The average Bonchev–Trinajstić information content (AvgIpc) is 2.38. The molecule has 1 aromatic rings. The number of benzene rings is 1. The van der Waals surface area contributed by atoms with E-state index < -0.39 is 9.84 Å². The number of hydrogen-bond donors (Lipinski definition) is 3. The Morgan fingerprint density at radius 1 is 1.33 bits per heavy atom. The minimum atomic E-state index is -3.00. The second kappa shape index (κ2) is 6.97. The third kappa shape index (κ3) is 5.15. The van der Waals surface area contributed by atoms with Gasteiger partial charge in [0.1, 0.15) is 0 Å². The molecular formula is C11H18N4O2S. The zero-order valence-corrected chi connectivity index (χ0v) is 11.1. The molecule has 0 spiro atoms. The molecule has 1 aromatic carbocycles. The highest BCUT2D eigenvalue weighted by Crippen LogP contribution is 2.04. The second-order valence-corrected chi connectivity index (χ2v) is 6.07. The van der Waals surface area contributed by atoms with Gasteiger partial charge < -0.3 is 5.32 Å². The number of nitrogens with two attached hydrogens (primary N) is 1. The van der Waals surface area contributed by atoms with Crippen molar-refractivity contribution in [3.05, 3.63) is 30.3 Å². The molecule has 0 aliphatic carbocycles. The van der Waals surface area contributed by atoms with Crippen LogP contribution in [-0.4, -0.2) is 32.4 Å². The summed E-state index contributed by atoms with van der Waals surface area (Å²) in [6.07, 6.45) is 0. The molecule has 0 unspecified atom stereocenters. The molecule has 0 saturated heterocycles. The van der Waals surface area contributed by atoms with Gasteiger partial charge in [-0.2, -0.15) is 0 Å². The first-order chi connectivity index (χ1) is 8.57. The zero-order chi connectivity index (χ0) is 13.4. The fourth-order valence-corrected chi connectivity index (χ4v) is 1.88. The van der Waals surface area contributed by atoms with E-state index in [2.05, 4.69) is 15.7 Å². The number of hydrazine groups is 1. The highest BCUT2D eigenvalue weighted by Gasteiger charge is 2.06. The maximum absolute atomic E-state index is 11.3. The summed E-state index contributed by atoms with van der Waals surface area (Å²) in [6.45, 7) is 1.79. The van der Waals surface area contributed by atoms with E-state index in [1.54, 1.807) is 6.92 Å². The van der Waals surface area contributed by atoms with Crippen LogP contribution in [0.25, 0.3) is 0 Å². The average molecular weight is 270 g/mol. The number of nitrogens with one attached hydrogen (secondary N) is 2. The highest BCUT2D eigenvalue weighted by atomic mass is 32.2. The largest absolute Gasteiger partial charge is 0.325 e. The van der Waals surface area contributed by atoms with E-state index in [1.165, 1.54) is 0 Å². The molecule has 4 N–H and O–H groups in total. The summed E-state index contributed by atoms with van der Waals surface area (Å²) in [5, 5.41) is 2.95. The van der Waals surface area contributed by atoms with E-state index >= 15 is 0 Å². The lowest BCUT2D eigenvalue weighted by Gasteiger charge is -2.08. The number of para-hydroxylation sites is 1. The van der Waals surface area contributed by atoms with Gasteiger partial charge in [-0.1, -0.05) is 25.1 Å². The molecule has 0 fully saturated rings. The minimum absolute atomic E-state index is 0.0190. The molecular weight excluding hydrogens is 252 g/mol. The van der Waals surface area contributed by atoms with Crippen LogP contribution in [0, 0.1) is 0 Å². The van der Waals surface area contributed by atoms with Crippen molar-refractivity contribution in [3.8, 4) is 0 Å². The van der Waals surface area contributed by atoms with Gasteiger partial charge in [-0.25, -0.2) is 14.3 Å². The zero-order valence-electron chi connectivity index (χ0n) is 10.3. The Kier molecular flexibility index (Phi) is 5.60. The van der Waals surface area contributed by atoms with Crippen LogP contribution in [0.15, 0.2) is 35.3 Å². The van der Waals surface area contributed by atoms with Gasteiger partial charge in [-0.3, -0.25) is 10.4 Å². The van der Waals surface area contributed by atoms with Crippen LogP contribution in [0.4, 0.5) is 5.69 Å². The van der Waals surface area contributed by atoms with Gasteiger partial charge in [-0.05, 0) is 12.1 Å². The van der Waals surface area contributed by atoms with Crippen molar-refractivity contribution in [1.29, 1.82) is 0 Å². The van der Waals surface area contributed by atoms with Crippen LogP contribution in [0.2, 0.25) is 0 Å². The first-order valence-corrected chi connectivity index (χ1v) is 7.43. The molecule has 18 heavy (non-hydrogen) atoms. The summed E-state index contributed by atoms with van der Waals surface area (Å²) in [4.78, 5) is 4.06. The molecule has 0 saturated carbocycles. The summed E-state index contributed by atoms with van der Waals surface area (Å²) in [6, 6.07) is 9.35. The van der Waals surface area contributed by atoms with Crippen molar-refractivity contribution in [2.75, 3.05) is 23.4 Å². The van der Waals surface area contributed by atoms with Gasteiger partial charge in [0.2, 0.25) is 5.96 Å². The summed E-state index contributed by atoms with van der Waals surface area (Å²) < 4.78 is 22.6. The van der Waals surface area contributed by atoms with E-state index in [1.807, 2.05) is 30.3 Å². The minimum Gasteiger partial charge on any atom is -0.325 e. The number of sulfone groups is 1. The van der Waals surface area contributed by atoms with Crippen molar-refractivity contribution < 1.29 is 8.42 Å². The molecule has 0 atom stereocenters. The fraction of sp³-hybridized carbons (Fsp3) is 0.364. The summed E-state index contributed by atoms with van der Waals surface area (Å²) in [5.41, 5.74) is 3.23. The number of nitrogens with zero attached hydrogens (tertiary/aromatic N) is 1. The Bertz CT molecular complexity index is 485. The molecule has 0 radical (unpaired) electrons. The van der Waals surface area contributed by atoms with Gasteiger partial charge in [0.15, 0.2) is 9.84 Å². The Morgan fingerprint density at radius 2 is 2.00 bits per heavy atom. The lowest BCUT2D eigenvalue weighted by atomic mass is 10.3. The Balaban J connectivity index is 2.56. The van der Waals surface area contributed by atoms with Crippen LogP contribution >= 0.6 is 0 Å². The lowest BCUT2D eigenvalue weighted by molar-refractivity contribution is 0.597. The molecule has 1 rings (SSSR count). The maximum atomic E-state index is 11.3. The van der Waals surface area contributed by atoms with E-state index in [9.17, 15) is 8.42 Å². The number of rotatable bonds is 5. The van der Waals surface area contributed by atoms with Crippen LogP contribution in [-0.2, 0) is 9.84 Å². The van der Waals surface area contributed by atoms with Crippen molar-refractivity contribution in [1.82, 2.24) is 5.43 Å². The molecule has 0 bridgehead atoms. The smallest absolute Gasteiger partial charge is 0.210 e. The monoisotopic (exact) mass is 270 g/mol. The lowest BCUT2D eigenvalue weighted by Crippen LogP contribution is -2.36. The van der Waals surface area contributed by atoms with E-state index in [4.69, 9.17) is 5.84 Å². The van der Waals surface area contributed by atoms with Crippen LogP contribution in [0.1, 0.15) is 6.92 Å². The molecule has 0 aliphatic heterocycles. The third-order valence-electron chi connectivity index (χ3n) is 2.29. The molecule has 7 heteroatoms. The Morgan fingerprint density at radius 3 is 2.56 bits per heavy atom. The quantitative estimate of drug-likeness (QED) is 0.310. The number of guanidine groups is 1. The molecule has 6 nitrogen and oxygen atoms in total. The van der Waals surface area contributed by atoms with E-state index in [-0.39, 0.29) is 18.1 Å². The van der Waals surface area contributed by atoms with Gasteiger partial charge in [0.05, 0.1) is 12.3 Å². The Labute approximate surface area is 107 Å². The third-order valence-corrected chi connectivity index (χ3v) is 3.97. The molecule has 0 aliphatic rings. The fourth-order valence-electron chi connectivity index (χ4n) is 1.22. The van der Waals surface area contributed by atoms with Gasteiger partial charge in [-0.15, -0.1) is 0 Å². The van der Waals surface area contributed by atoms with Crippen molar-refractivity contribution in [3.63, 3.8) is 0 Å². The SMILES string of the molecule is CCS(=O)(=O)CCN=C(NN)Nc1ccccc1. The van der Waals surface area contributed by atoms with Crippen molar-refractivity contribution in [2.24, 2.45) is 10.8 Å². The Hall–Kier alpha value is -1.60. The topological polar surface area (TPSA) is 96.6 Å². The molecule has 0 heterocycles. The van der Waals surface area contributed by atoms with E-state index in [0.717, 1.165) is 5.69 Å². The van der Waals surface area contributed by atoms with Crippen LogP contribution in [0.3, 0.4) is 0 Å². The summed E-state index contributed by atoms with van der Waals surface area (Å²) in [7, 11) is -3.00. The molecule has 0 aromatic heterocycles. The number of hydrogen-bond acceptors (Lipinski definition) is 4. The summed E-state index contributed by atoms with van der Waals surface area (Å²) in [5.74, 6) is 5.79. The van der Waals surface area contributed by atoms with Crippen molar-refractivity contribution in [2.45, 2.75) is 6.92 Å². The van der Waals surface area contributed by atoms with E-state index in [0.29, 0.717) is 5.96 Å². The predicted molar refractivity (Wildman–Crippen MR) is 74.0 cm³/mol. The van der Waals surface area contributed by atoms with Gasteiger partial charge >= 0.3 is 0 Å². The standard InChI is InChI=1S/C11H18N4O2S/c1-2-18(16,17)9-8-13-11(15-12)14-10-6-4-3-5-7-10/h3-7H,2,8-9,12H2,1H3,(H2,13,14,15). The highest BCUT2D eigenvalue weighted by molar-refractivity contribution is 7.91. The first kappa shape index (κ1) is 14.5.